The Balaban J connectivity index is 0.000000144. The molecule has 2 aromatic heterocycles. The molecule has 1 fully saturated rings. The van der Waals surface area contributed by atoms with Crippen LogP contribution >= 0.6 is 15.9 Å². The van der Waals surface area contributed by atoms with Gasteiger partial charge in [0.25, 0.3) is 0 Å². The van der Waals surface area contributed by atoms with Crippen LogP contribution in [0.25, 0.3) is 100 Å². The van der Waals surface area contributed by atoms with Crippen molar-refractivity contribution in [3.63, 3.8) is 0 Å². The standard InChI is InChI=1S/C44H35N.C33H27Br.C17H20BNO2/c1-44(2,41-20-4-3-5-21-41)42-25-23-32(24-26-42)33-12-8-13-34(28-33)35-14-9-15-36(29-35)37-16-10-17-38(30-37)39-18-11-19-40(31-39)43-22-6-7-27-45-43;1-33(2,30-14-4-3-5-15-30)31-19-17-24(18-20-31)25-9-6-10-26(21-25)27-11-7-12-28(22-27)29-13-8-16-32(34)23-29;1-16(2)17(3,4)21-18(20-16)14-9-7-8-13(12-14)15-10-5-6-11-19-15/h3-31H,1-2H3;3-23H,1-2H3;5-12H,1-4H3. The van der Waals surface area contributed by atoms with Crippen LogP contribution in [0, 0.1) is 0 Å². The Labute approximate surface area is 600 Å². The van der Waals surface area contributed by atoms with Crippen molar-refractivity contribution in [2.45, 2.75) is 77.4 Å². The molecule has 12 aromatic carbocycles. The Morgan fingerprint density at radius 3 is 0.860 bits per heavy atom. The van der Waals surface area contributed by atoms with Gasteiger partial charge < -0.3 is 9.31 Å². The molecule has 1 aliphatic rings. The van der Waals surface area contributed by atoms with Crippen molar-refractivity contribution < 1.29 is 9.31 Å². The van der Waals surface area contributed by atoms with Crippen molar-refractivity contribution in [2.24, 2.45) is 0 Å². The zero-order valence-corrected chi connectivity index (χ0v) is 59.7. The summed E-state index contributed by atoms with van der Waals surface area (Å²) in [5.74, 6) is 0. The van der Waals surface area contributed by atoms with Crippen LogP contribution < -0.4 is 5.46 Å². The third kappa shape index (κ3) is 15.6. The first-order chi connectivity index (χ1) is 48.4. The lowest BCUT2D eigenvalue weighted by atomic mass is 9.78. The van der Waals surface area contributed by atoms with Crippen LogP contribution in [0.3, 0.4) is 0 Å². The first-order valence-corrected chi connectivity index (χ1v) is 35.2. The Morgan fingerprint density at radius 1 is 0.260 bits per heavy atom. The highest BCUT2D eigenvalue weighted by Crippen LogP contribution is 2.40. The quantitative estimate of drug-likeness (QED) is 0.102. The highest BCUT2D eigenvalue weighted by Gasteiger charge is 2.51. The molecule has 0 atom stereocenters. The van der Waals surface area contributed by atoms with E-state index >= 15 is 0 Å². The minimum absolute atomic E-state index is 0.0332. The molecule has 0 N–H and O–H groups in total. The molecule has 0 amide bonds. The van der Waals surface area contributed by atoms with E-state index in [-0.39, 0.29) is 29.2 Å². The molecule has 1 aliphatic heterocycles. The fourth-order valence-corrected chi connectivity index (χ4v) is 13.4. The van der Waals surface area contributed by atoms with E-state index < -0.39 is 0 Å². The number of nitrogens with zero attached hydrogens (tertiary/aromatic N) is 2. The maximum atomic E-state index is 6.10. The normalized spacial score (nSPS) is 13.1. The lowest BCUT2D eigenvalue weighted by Gasteiger charge is -2.32. The summed E-state index contributed by atoms with van der Waals surface area (Å²) in [5, 5.41) is 0. The van der Waals surface area contributed by atoms with Crippen LogP contribution in [-0.2, 0) is 20.1 Å². The molecule has 0 radical (unpaired) electrons. The van der Waals surface area contributed by atoms with Gasteiger partial charge in [-0.3, -0.25) is 9.97 Å². The van der Waals surface area contributed by atoms with Crippen molar-refractivity contribution in [1.29, 1.82) is 0 Å². The van der Waals surface area contributed by atoms with Gasteiger partial charge in [-0.25, -0.2) is 0 Å². The minimum atomic E-state index is -0.335. The molecule has 3 heterocycles. The monoisotopic (exact) mass is 1360 g/mol. The second kappa shape index (κ2) is 29.9. The van der Waals surface area contributed by atoms with Gasteiger partial charge >= 0.3 is 7.12 Å². The van der Waals surface area contributed by atoms with E-state index in [1.54, 1.807) is 6.20 Å². The summed E-state index contributed by atoms with van der Waals surface area (Å²) in [5.41, 5.74) is 26.7. The van der Waals surface area contributed by atoms with Gasteiger partial charge in [0.2, 0.25) is 0 Å². The number of hydrogen-bond acceptors (Lipinski definition) is 4. The molecule has 1 saturated heterocycles. The number of rotatable bonds is 14. The fourth-order valence-electron chi connectivity index (χ4n) is 13.0. The second-order valence-electron chi connectivity index (χ2n) is 27.8. The van der Waals surface area contributed by atoms with Gasteiger partial charge in [-0.1, -0.05) is 311 Å². The van der Waals surface area contributed by atoms with Crippen LogP contribution in [0.4, 0.5) is 0 Å². The minimum Gasteiger partial charge on any atom is -0.399 e. The van der Waals surface area contributed by atoms with Crippen LogP contribution in [-0.4, -0.2) is 28.3 Å². The van der Waals surface area contributed by atoms with E-state index in [2.05, 4.69) is 379 Å². The van der Waals surface area contributed by atoms with Crippen molar-refractivity contribution in [3.05, 3.63) is 379 Å². The van der Waals surface area contributed by atoms with E-state index in [1.807, 2.05) is 48.7 Å². The van der Waals surface area contributed by atoms with E-state index in [9.17, 15) is 0 Å². The predicted octanol–water partition coefficient (Wildman–Crippen LogP) is 24.6. The topological polar surface area (TPSA) is 44.2 Å². The summed E-state index contributed by atoms with van der Waals surface area (Å²) in [4.78, 5) is 8.93. The Bertz CT molecular complexity index is 5060. The number of hydrogen-bond donors (Lipinski definition) is 0. The molecule has 490 valence electrons. The Hall–Kier alpha value is -10.6. The van der Waals surface area contributed by atoms with Crippen molar-refractivity contribution >= 4 is 28.5 Å². The highest BCUT2D eigenvalue weighted by atomic mass is 79.9. The average Bonchev–Trinajstić information content (AvgIpc) is 1.60. The first kappa shape index (κ1) is 68.0. The second-order valence-corrected chi connectivity index (χ2v) is 28.7. The van der Waals surface area contributed by atoms with Crippen LogP contribution in [0.1, 0.15) is 77.6 Å². The smallest absolute Gasteiger partial charge is 0.399 e. The zero-order chi connectivity index (χ0) is 69.3. The molecule has 0 aliphatic carbocycles. The summed E-state index contributed by atoms with van der Waals surface area (Å²) >= 11 is 3.59. The number of benzene rings is 12. The zero-order valence-electron chi connectivity index (χ0n) is 58.2. The van der Waals surface area contributed by atoms with Gasteiger partial charge in [0.15, 0.2) is 0 Å². The summed E-state index contributed by atoms with van der Waals surface area (Å²) in [6.45, 7) is 17.4. The average molecular weight is 1360 g/mol. The predicted molar refractivity (Wildman–Crippen MR) is 424 cm³/mol. The summed E-state index contributed by atoms with van der Waals surface area (Å²) in [6, 6.07) is 121. The lowest BCUT2D eigenvalue weighted by Crippen LogP contribution is -2.41. The maximum Gasteiger partial charge on any atom is 0.494 e. The van der Waals surface area contributed by atoms with E-state index in [0.29, 0.717) is 0 Å². The molecule has 0 saturated carbocycles. The van der Waals surface area contributed by atoms with E-state index in [0.717, 1.165) is 32.5 Å². The first-order valence-electron chi connectivity index (χ1n) is 34.4. The summed E-state index contributed by atoms with van der Waals surface area (Å²) < 4.78 is 13.3. The van der Waals surface area contributed by atoms with Crippen molar-refractivity contribution in [1.82, 2.24) is 9.97 Å². The summed E-state index contributed by atoms with van der Waals surface area (Å²) in [6.07, 6.45) is 3.64. The lowest BCUT2D eigenvalue weighted by molar-refractivity contribution is 0.00578. The van der Waals surface area contributed by atoms with E-state index in [1.165, 1.54) is 100 Å². The molecular formula is C94H82BBrN2O2. The van der Waals surface area contributed by atoms with E-state index in [4.69, 9.17) is 9.31 Å². The van der Waals surface area contributed by atoms with Crippen molar-refractivity contribution in [2.75, 3.05) is 0 Å². The van der Waals surface area contributed by atoms with Crippen LogP contribution in [0.5, 0.6) is 0 Å². The SMILES string of the molecule is CC(C)(c1ccccc1)c1ccc(-c2cccc(-c3cccc(-c4cccc(-c5cccc(-c6ccccn6)c5)c4)c3)c2)cc1.CC(C)(c1ccccc1)c1ccc(-c2cccc(-c3cccc(-c4cccc(Br)c4)c3)c2)cc1.CC1(C)OB(c2cccc(-c3ccccn3)c2)OC1(C)C. The highest BCUT2D eigenvalue weighted by molar-refractivity contribution is 9.10. The summed E-state index contributed by atoms with van der Waals surface area (Å²) in [7, 11) is -0.335. The van der Waals surface area contributed by atoms with Crippen molar-refractivity contribution in [3.8, 4) is 100 Å². The molecule has 0 bridgehead atoms. The largest absolute Gasteiger partial charge is 0.494 e. The number of halogens is 1. The third-order valence-electron chi connectivity index (χ3n) is 19.9. The number of aromatic nitrogens is 2. The fraction of sp³-hybridized carbons (Fsp3) is 0.128. The van der Waals surface area contributed by atoms with Crippen LogP contribution in [0.15, 0.2) is 357 Å². The molecule has 0 unspecified atom stereocenters. The Morgan fingerprint density at radius 2 is 0.530 bits per heavy atom. The van der Waals surface area contributed by atoms with Gasteiger partial charge in [0.1, 0.15) is 0 Å². The Kier molecular flexibility index (Phi) is 20.3. The van der Waals surface area contributed by atoms with Gasteiger partial charge in [-0.05, 0) is 212 Å². The third-order valence-corrected chi connectivity index (χ3v) is 20.4. The molecule has 14 aromatic rings. The molecule has 15 rings (SSSR count). The molecular weight excluding hydrogens is 1280 g/mol. The van der Waals surface area contributed by atoms with Gasteiger partial charge in [-0.15, -0.1) is 0 Å². The van der Waals surface area contributed by atoms with Crippen LogP contribution in [0.2, 0.25) is 0 Å². The maximum absolute atomic E-state index is 6.10. The van der Waals surface area contributed by atoms with Gasteiger partial charge in [0, 0.05) is 33.3 Å². The number of pyridine rings is 2. The molecule has 100 heavy (non-hydrogen) atoms. The molecule has 4 nitrogen and oxygen atoms in total. The van der Waals surface area contributed by atoms with Gasteiger partial charge in [-0.2, -0.15) is 0 Å². The molecule has 6 heteroatoms. The van der Waals surface area contributed by atoms with Gasteiger partial charge in [0.05, 0.1) is 22.6 Å². The molecule has 0 spiro atoms.